The Balaban J connectivity index is 1.81. The summed E-state index contributed by atoms with van der Waals surface area (Å²) in [5.41, 5.74) is 1.96. The summed E-state index contributed by atoms with van der Waals surface area (Å²) in [6.45, 7) is 1.51. The number of nitrogens with zero attached hydrogens (tertiary/aromatic N) is 4. The Hall–Kier alpha value is -1.91. The van der Waals surface area contributed by atoms with Crippen LogP contribution in [0.3, 0.4) is 0 Å². The molecular formula is C16H17ClN4. The van der Waals surface area contributed by atoms with Crippen LogP contribution in [0, 0.1) is 0 Å². The molecule has 0 fully saturated rings. The lowest BCUT2D eigenvalue weighted by Crippen LogP contribution is -2.19. The van der Waals surface area contributed by atoms with Gasteiger partial charge < -0.3 is 4.57 Å². The first-order chi connectivity index (χ1) is 10.1. The minimum Gasteiger partial charge on any atom is -0.337 e. The quantitative estimate of drug-likeness (QED) is 0.694. The molecule has 0 N–H and O–H groups in total. The van der Waals surface area contributed by atoms with Crippen molar-refractivity contribution >= 4 is 22.5 Å². The SMILES string of the molecule is CN(Cc1cc2ccccc2nc1Cl)Cc1nccn1C. The second-order valence-electron chi connectivity index (χ2n) is 5.26. The van der Waals surface area contributed by atoms with Gasteiger partial charge in [-0.1, -0.05) is 29.8 Å². The molecule has 0 saturated heterocycles. The highest BCUT2D eigenvalue weighted by atomic mass is 35.5. The predicted molar refractivity (Wildman–Crippen MR) is 85.1 cm³/mol. The average molecular weight is 301 g/mol. The maximum atomic E-state index is 6.30. The van der Waals surface area contributed by atoms with Gasteiger partial charge in [0.15, 0.2) is 0 Å². The minimum absolute atomic E-state index is 0.570. The number of aryl methyl sites for hydroxylation is 1. The van der Waals surface area contributed by atoms with Crippen LogP contribution < -0.4 is 0 Å². The van der Waals surface area contributed by atoms with E-state index in [0.29, 0.717) is 5.15 Å². The van der Waals surface area contributed by atoms with Crippen molar-refractivity contribution in [2.45, 2.75) is 13.1 Å². The summed E-state index contributed by atoms with van der Waals surface area (Å²) in [7, 11) is 4.06. The largest absolute Gasteiger partial charge is 0.337 e. The monoisotopic (exact) mass is 300 g/mol. The first kappa shape index (κ1) is 14.0. The highest BCUT2D eigenvalue weighted by Crippen LogP contribution is 2.21. The van der Waals surface area contributed by atoms with Gasteiger partial charge in [-0.2, -0.15) is 0 Å². The molecule has 3 rings (SSSR count). The van der Waals surface area contributed by atoms with E-state index in [1.165, 1.54) is 0 Å². The molecule has 108 valence electrons. The molecule has 0 aliphatic heterocycles. The number of hydrogen-bond donors (Lipinski definition) is 0. The zero-order valence-electron chi connectivity index (χ0n) is 12.1. The molecule has 0 aliphatic carbocycles. The van der Waals surface area contributed by atoms with Crippen molar-refractivity contribution in [1.82, 2.24) is 19.4 Å². The fourth-order valence-electron chi connectivity index (χ4n) is 2.38. The Bertz CT molecular complexity index is 766. The minimum atomic E-state index is 0.570. The number of benzene rings is 1. The van der Waals surface area contributed by atoms with Crippen LogP contribution in [0.4, 0.5) is 0 Å². The van der Waals surface area contributed by atoms with Crippen molar-refractivity contribution in [1.29, 1.82) is 0 Å². The number of hydrogen-bond acceptors (Lipinski definition) is 3. The lowest BCUT2D eigenvalue weighted by Gasteiger charge is -2.17. The van der Waals surface area contributed by atoms with Crippen LogP contribution >= 0.6 is 11.6 Å². The van der Waals surface area contributed by atoms with E-state index in [0.717, 1.165) is 35.4 Å². The topological polar surface area (TPSA) is 34.0 Å². The summed E-state index contributed by atoms with van der Waals surface area (Å²) in [5.74, 6) is 1.03. The van der Waals surface area contributed by atoms with E-state index in [1.54, 1.807) is 0 Å². The molecule has 21 heavy (non-hydrogen) atoms. The molecule has 0 spiro atoms. The maximum absolute atomic E-state index is 6.30. The third-order valence-corrected chi connectivity index (χ3v) is 3.85. The van der Waals surface area contributed by atoms with Crippen molar-refractivity contribution in [3.63, 3.8) is 0 Å². The molecule has 1 aromatic carbocycles. The highest BCUT2D eigenvalue weighted by Gasteiger charge is 2.10. The predicted octanol–water partition coefficient (Wildman–Crippen LogP) is 3.25. The Morgan fingerprint density at radius 1 is 1.24 bits per heavy atom. The smallest absolute Gasteiger partial charge is 0.134 e. The van der Waals surface area contributed by atoms with Gasteiger partial charge >= 0.3 is 0 Å². The van der Waals surface area contributed by atoms with Crippen LogP contribution in [0.5, 0.6) is 0 Å². The summed E-state index contributed by atoms with van der Waals surface area (Å²) >= 11 is 6.30. The summed E-state index contributed by atoms with van der Waals surface area (Å²) in [5, 5.41) is 1.68. The first-order valence-corrected chi connectivity index (χ1v) is 7.20. The van der Waals surface area contributed by atoms with Crippen LogP contribution in [0.15, 0.2) is 42.7 Å². The highest BCUT2D eigenvalue weighted by molar-refractivity contribution is 6.30. The van der Waals surface area contributed by atoms with Gasteiger partial charge in [0.05, 0.1) is 12.1 Å². The number of halogens is 1. The molecular weight excluding hydrogens is 284 g/mol. The van der Waals surface area contributed by atoms with Gasteiger partial charge in [-0.05, 0) is 19.2 Å². The van der Waals surface area contributed by atoms with Gasteiger partial charge in [0.1, 0.15) is 11.0 Å². The Kier molecular flexibility index (Phi) is 3.90. The normalized spacial score (nSPS) is 11.4. The first-order valence-electron chi connectivity index (χ1n) is 6.82. The van der Waals surface area contributed by atoms with Gasteiger partial charge in [0, 0.05) is 36.9 Å². The lowest BCUT2D eigenvalue weighted by atomic mass is 10.1. The number of imidazole rings is 1. The van der Waals surface area contributed by atoms with Crippen molar-refractivity contribution in [2.24, 2.45) is 7.05 Å². The molecule has 0 unspecified atom stereocenters. The van der Waals surface area contributed by atoms with Gasteiger partial charge in [0.25, 0.3) is 0 Å². The Morgan fingerprint density at radius 2 is 2.05 bits per heavy atom. The molecule has 0 radical (unpaired) electrons. The zero-order valence-corrected chi connectivity index (χ0v) is 12.9. The fourth-order valence-corrected chi connectivity index (χ4v) is 2.59. The second kappa shape index (κ2) is 5.84. The number of para-hydroxylation sites is 1. The molecule has 4 nitrogen and oxygen atoms in total. The zero-order chi connectivity index (χ0) is 14.8. The van der Waals surface area contributed by atoms with E-state index in [9.17, 15) is 0 Å². The molecule has 0 bridgehead atoms. The number of pyridine rings is 1. The molecule has 5 heteroatoms. The van der Waals surface area contributed by atoms with Crippen LogP contribution in [-0.4, -0.2) is 26.5 Å². The molecule has 0 amide bonds. The maximum Gasteiger partial charge on any atom is 0.134 e. The van der Waals surface area contributed by atoms with E-state index in [1.807, 2.05) is 42.2 Å². The summed E-state index contributed by atoms with van der Waals surface area (Å²) in [4.78, 5) is 11.0. The van der Waals surface area contributed by atoms with E-state index in [-0.39, 0.29) is 0 Å². The van der Waals surface area contributed by atoms with E-state index in [2.05, 4.69) is 34.0 Å². The average Bonchev–Trinajstić information content (AvgIpc) is 2.85. The van der Waals surface area contributed by atoms with Crippen molar-refractivity contribution < 1.29 is 0 Å². The Labute approximate surface area is 129 Å². The van der Waals surface area contributed by atoms with Crippen LogP contribution in [0.1, 0.15) is 11.4 Å². The van der Waals surface area contributed by atoms with E-state index < -0.39 is 0 Å². The number of aromatic nitrogens is 3. The molecule has 2 aromatic heterocycles. The van der Waals surface area contributed by atoms with E-state index >= 15 is 0 Å². The molecule has 2 heterocycles. The van der Waals surface area contributed by atoms with Gasteiger partial charge in [0.2, 0.25) is 0 Å². The second-order valence-corrected chi connectivity index (χ2v) is 5.62. The Morgan fingerprint density at radius 3 is 2.81 bits per heavy atom. The third-order valence-electron chi connectivity index (χ3n) is 3.52. The molecule has 0 aliphatic rings. The van der Waals surface area contributed by atoms with Gasteiger partial charge in [-0.25, -0.2) is 9.97 Å². The summed E-state index contributed by atoms with van der Waals surface area (Å²) in [6.07, 6.45) is 3.77. The number of rotatable bonds is 4. The van der Waals surface area contributed by atoms with Crippen LogP contribution in [0.25, 0.3) is 10.9 Å². The fraction of sp³-hybridized carbons (Fsp3) is 0.250. The van der Waals surface area contributed by atoms with Crippen molar-refractivity contribution in [3.05, 3.63) is 59.3 Å². The molecule has 0 atom stereocenters. The van der Waals surface area contributed by atoms with Crippen molar-refractivity contribution in [2.75, 3.05) is 7.05 Å². The summed E-state index contributed by atoms with van der Waals surface area (Å²) < 4.78 is 2.02. The molecule has 3 aromatic rings. The molecule has 0 saturated carbocycles. The number of fused-ring (bicyclic) bond motifs is 1. The van der Waals surface area contributed by atoms with E-state index in [4.69, 9.17) is 11.6 Å². The van der Waals surface area contributed by atoms with Gasteiger partial charge in [-0.15, -0.1) is 0 Å². The van der Waals surface area contributed by atoms with Gasteiger partial charge in [-0.3, -0.25) is 4.90 Å². The van der Waals surface area contributed by atoms with Crippen molar-refractivity contribution in [3.8, 4) is 0 Å². The third kappa shape index (κ3) is 3.06. The van der Waals surface area contributed by atoms with Crippen LogP contribution in [-0.2, 0) is 20.1 Å². The lowest BCUT2D eigenvalue weighted by molar-refractivity contribution is 0.307. The standard InChI is InChI=1S/C16H17ClN4/c1-20(11-15-18-7-8-21(15)2)10-13-9-12-5-3-4-6-14(12)19-16(13)17/h3-9H,10-11H2,1-2H3. The van der Waals surface area contributed by atoms with Crippen LogP contribution in [0.2, 0.25) is 5.15 Å². The summed E-state index contributed by atoms with van der Waals surface area (Å²) in [6, 6.07) is 10.1.